The molecule has 3 aromatic rings. The van der Waals surface area contributed by atoms with E-state index in [1.165, 1.54) is 30.5 Å². The summed E-state index contributed by atoms with van der Waals surface area (Å²) < 4.78 is 5.62. The van der Waals surface area contributed by atoms with E-state index in [1.807, 2.05) is 0 Å². The number of carbonyl (C=O) groups excluding carboxylic acids is 1. The zero-order valence-electron chi connectivity index (χ0n) is 13.3. The summed E-state index contributed by atoms with van der Waals surface area (Å²) in [4.78, 5) is 20.9. The van der Waals surface area contributed by atoms with Crippen molar-refractivity contribution in [3.05, 3.63) is 82.1 Å². The number of hydrogen-bond donors (Lipinski definition) is 1. The molecule has 0 radical (unpaired) electrons. The van der Waals surface area contributed by atoms with Gasteiger partial charge in [0.2, 0.25) is 0 Å². The second-order valence-corrected chi connectivity index (χ2v) is 5.24. The Morgan fingerprint density at radius 1 is 1.04 bits per heavy atom. The molecular formula is C18H12N3O5-. The van der Waals surface area contributed by atoms with Gasteiger partial charge in [-0.2, -0.15) is 5.10 Å². The molecule has 0 fully saturated rings. The molecule has 26 heavy (non-hydrogen) atoms. The molecule has 0 saturated heterocycles. The Labute approximate surface area is 147 Å². The normalized spacial score (nSPS) is 10.8. The van der Waals surface area contributed by atoms with Gasteiger partial charge >= 0.3 is 0 Å². The highest BCUT2D eigenvalue weighted by Gasteiger charge is 2.05. The van der Waals surface area contributed by atoms with Crippen LogP contribution in [0.3, 0.4) is 0 Å². The molecular weight excluding hydrogens is 338 g/mol. The van der Waals surface area contributed by atoms with Crippen LogP contribution in [0.5, 0.6) is 0 Å². The first kappa shape index (κ1) is 16.9. The summed E-state index contributed by atoms with van der Waals surface area (Å²) in [7, 11) is 0. The molecule has 0 atom stereocenters. The van der Waals surface area contributed by atoms with E-state index in [0.29, 0.717) is 17.2 Å². The second kappa shape index (κ2) is 7.31. The number of hydrogen-bond acceptors (Lipinski definition) is 7. The highest BCUT2D eigenvalue weighted by atomic mass is 16.6. The summed E-state index contributed by atoms with van der Waals surface area (Å²) in [5, 5.41) is 25.3. The lowest BCUT2D eigenvalue weighted by atomic mass is 10.1. The predicted molar refractivity (Wildman–Crippen MR) is 92.8 cm³/mol. The number of furan rings is 1. The molecule has 0 saturated carbocycles. The number of non-ortho nitro benzene ring substituents is 1. The summed E-state index contributed by atoms with van der Waals surface area (Å²) in [6.45, 7) is 0. The summed E-state index contributed by atoms with van der Waals surface area (Å²) in [6, 6.07) is 15.4. The summed E-state index contributed by atoms with van der Waals surface area (Å²) in [6.07, 6.45) is 1.46. The lowest BCUT2D eigenvalue weighted by Crippen LogP contribution is -2.21. The maximum atomic E-state index is 10.7. The third-order valence-corrected chi connectivity index (χ3v) is 3.50. The largest absolute Gasteiger partial charge is 0.545 e. The number of carbonyl (C=O) groups is 1. The van der Waals surface area contributed by atoms with Gasteiger partial charge in [0.1, 0.15) is 11.5 Å². The number of carboxylic acid groups (broad SMARTS) is 1. The fourth-order valence-electron chi connectivity index (χ4n) is 2.18. The number of aromatic carboxylic acids is 1. The first-order chi connectivity index (χ1) is 12.5. The van der Waals surface area contributed by atoms with E-state index in [0.717, 1.165) is 5.56 Å². The van der Waals surface area contributed by atoms with Gasteiger partial charge in [0.25, 0.3) is 5.69 Å². The van der Waals surface area contributed by atoms with Crippen LogP contribution in [0.15, 0.2) is 70.2 Å². The van der Waals surface area contributed by atoms with E-state index in [9.17, 15) is 20.0 Å². The molecule has 130 valence electrons. The molecule has 1 N–H and O–H groups in total. The fourth-order valence-corrected chi connectivity index (χ4v) is 2.18. The molecule has 0 amide bonds. The van der Waals surface area contributed by atoms with Gasteiger partial charge in [-0.05, 0) is 29.8 Å². The van der Waals surface area contributed by atoms with Crippen LogP contribution < -0.4 is 10.5 Å². The summed E-state index contributed by atoms with van der Waals surface area (Å²) >= 11 is 0. The Kier molecular flexibility index (Phi) is 4.75. The van der Waals surface area contributed by atoms with Crippen LogP contribution in [0.25, 0.3) is 11.3 Å². The maximum Gasteiger partial charge on any atom is 0.269 e. The van der Waals surface area contributed by atoms with Crippen molar-refractivity contribution >= 4 is 23.6 Å². The standard InChI is InChI=1S/C18H13N3O5/c22-18(23)13-3-1-12(2-4-13)17-10-9-16(26-17)11-19-20-14-5-7-15(8-6-14)21(24)25/h1-11,20H,(H,22,23)/p-1/b19-11-. The molecule has 0 unspecified atom stereocenters. The van der Waals surface area contributed by atoms with Crippen molar-refractivity contribution in [2.45, 2.75) is 0 Å². The van der Waals surface area contributed by atoms with Gasteiger partial charge in [-0.25, -0.2) is 0 Å². The molecule has 0 aliphatic rings. The predicted octanol–water partition coefficient (Wildman–Crippen LogP) is 2.66. The van der Waals surface area contributed by atoms with Gasteiger partial charge in [0.15, 0.2) is 0 Å². The highest BCUT2D eigenvalue weighted by molar-refractivity contribution is 5.86. The van der Waals surface area contributed by atoms with E-state index in [-0.39, 0.29) is 11.3 Å². The SMILES string of the molecule is O=C([O-])c1ccc(-c2ccc(/C=N\Nc3ccc([N+](=O)[O-])cc3)o2)cc1. The monoisotopic (exact) mass is 350 g/mol. The molecule has 2 aromatic carbocycles. The van der Waals surface area contributed by atoms with Gasteiger partial charge in [0, 0.05) is 17.7 Å². The minimum Gasteiger partial charge on any atom is -0.545 e. The first-order valence-corrected chi connectivity index (χ1v) is 7.48. The lowest BCUT2D eigenvalue weighted by Gasteiger charge is -2.02. The average molecular weight is 350 g/mol. The summed E-state index contributed by atoms with van der Waals surface area (Å²) in [5.74, 6) is -0.189. The van der Waals surface area contributed by atoms with E-state index in [4.69, 9.17) is 4.42 Å². The van der Waals surface area contributed by atoms with Crippen LogP contribution in [-0.2, 0) is 0 Å². The van der Waals surface area contributed by atoms with Gasteiger partial charge in [-0.3, -0.25) is 15.5 Å². The van der Waals surface area contributed by atoms with Crippen LogP contribution in [0.4, 0.5) is 11.4 Å². The molecule has 1 aromatic heterocycles. The topological polar surface area (TPSA) is 121 Å². The Bertz CT molecular complexity index is 959. The molecule has 0 spiro atoms. The number of rotatable bonds is 6. The van der Waals surface area contributed by atoms with Gasteiger partial charge in [-0.1, -0.05) is 24.3 Å². The van der Waals surface area contributed by atoms with Crippen molar-refractivity contribution in [1.29, 1.82) is 0 Å². The van der Waals surface area contributed by atoms with Crippen LogP contribution in [0.2, 0.25) is 0 Å². The third kappa shape index (κ3) is 3.93. The molecule has 8 nitrogen and oxygen atoms in total. The number of hydrazone groups is 1. The average Bonchev–Trinajstić information content (AvgIpc) is 3.11. The Hall–Kier alpha value is -3.94. The van der Waals surface area contributed by atoms with Crippen LogP contribution in [-0.4, -0.2) is 17.1 Å². The zero-order valence-corrected chi connectivity index (χ0v) is 13.3. The van der Waals surface area contributed by atoms with Gasteiger partial charge < -0.3 is 14.3 Å². The van der Waals surface area contributed by atoms with Gasteiger partial charge in [0.05, 0.1) is 22.8 Å². The first-order valence-electron chi connectivity index (χ1n) is 7.48. The number of carboxylic acids is 1. The van der Waals surface area contributed by atoms with Crippen molar-refractivity contribution in [1.82, 2.24) is 0 Å². The van der Waals surface area contributed by atoms with E-state index in [1.54, 1.807) is 36.4 Å². The van der Waals surface area contributed by atoms with Crippen molar-refractivity contribution in [3.63, 3.8) is 0 Å². The quantitative estimate of drug-likeness (QED) is 0.414. The van der Waals surface area contributed by atoms with Crippen molar-refractivity contribution < 1.29 is 19.2 Å². The van der Waals surface area contributed by atoms with E-state index >= 15 is 0 Å². The maximum absolute atomic E-state index is 10.7. The van der Waals surface area contributed by atoms with Crippen LogP contribution in [0, 0.1) is 10.1 Å². The number of nitrogens with one attached hydrogen (secondary N) is 1. The minimum absolute atomic E-state index is 0.0000891. The molecule has 1 heterocycles. The Balaban J connectivity index is 1.65. The summed E-state index contributed by atoms with van der Waals surface area (Å²) in [5.41, 5.74) is 4.15. The zero-order chi connectivity index (χ0) is 18.5. The number of nitro benzene ring substituents is 1. The second-order valence-electron chi connectivity index (χ2n) is 5.24. The number of anilines is 1. The number of nitrogens with zero attached hydrogens (tertiary/aromatic N) is 2. The van der Waals surface area contributed by atoms with Crippen molar-refractivity contribution in [3.8, 4) is 11.3 Å². The highest BCUT2D eigenvalue weighted by Crippen LogP contribution is 2.22. The van der Waals surface area contributed by atoms with Crippen LogP contribution >= 0.6 is 0 Å². The molecule has 8 heteroatoms. The third-order valence-electron chi connectivity index (χ3n) is 3.50. The molecule has 0 aliphatic carbocycles. The Morgan fingerprint density at radius 2 is 1.73 bits per heavy atom. The van der Waals surface area contributed by atoms with Crippen molar-refractivity contribution in [2.75, 3.05) is 5.43 Å². The molecule has 3 rings (SSSR count). The minimum atomic E-state index is -1.24. The Morgan fingerprint density at radius 3 is 2.35 bits per heavy atom. The molecule has 0 bridgehead atoms. The fraction of sp³-hybridized carbons (Fsp3) is 0. The lowest BCUT2D eigenvalue weighted by molar-refractivity contribution is -0.384. The van der Waals surface area contributed by atoms with E-state index in [2.05, 4.69) is 10.5 Å². The smallest absolute Gasteiger partial charge is 0.269 e. The van der Waals surface area contributed by atoms with Crippen molar-refractivity contribution in [2.24, 2.45) is 5.10 Å². The van der Waals surface area contributed by atoms with E-state index < -0.39 is 10.9 Å². The van der Waals surface area contributed by atoms with Gasteiger partial charge in [-0.15, -0.1) is 0 Å². The number of nitro groups is 1. The van der Waals surface area contributed by atoms with Crippen LogP contribution in [0.1, 0.15) is 16.1 Å². The molecule has 0 aliphatic heterocycles. The number of benzene rings is 2.